The quantitative estimate of drug-likeness (QED) is 0.840. The summed E-state index contributed by atoms with van der Waals surface area (Å²) in [6.07, 6.45) is 5.15. The molecule has 3 rings (SSSR count). The molecule has 26 heavy (non-hydrogen) atoms. The highest BCUT2D eigenvalue weighted by Crippen LogP contribution is 2.32. The van der Waals surface area contributed by atoms with Crippen LogP contribution in [0.25, 0.3) is 6.08 Å². The van der Waals surface area contributed by atoms with Gasteiger partial charge in [0.05, 0.1) is 6.04 Å². The van der Waals surface area contributed by atoms with Crippen LogP contribution in [0, 0.1) is 5.82 Å². The molecule has 0 bridgehead atoms. The second-order valence-electron chi connectivity index (χ2n) is 6.38. The molecule has 1 saturated heterocycles. The van der Waals surface area contributed by atoms with Crippen molar-refractivity contribution >= 4 is 23.6 Å². The van der Waals surface area contributed by atoms with Gasteiger partial charge in [-0.3, -0.25) is 9.59 Å². The van der Waals surface area contributed by atoms with Crippen LogP contribution in [-0.2, 0) is 9.59 Å². The zero-order valence-corrected chi connectivity index (χ0v) is 14.6. The Bertz CT molecular complexity index is 813. The zero-order valence-electron chi connectivity index (χ0n) is 14.6. The van der Waals surface area contributed by atoms with Crippen molar-refractivity contribution < 1.29 is 14.0 Å². The first-order chi connectivity index (χ1) is 12.5. The summed E-state index contributed by atoms with van der Waals surface area (Å²) in [6.45, 7) is 2.16. The number of nitrogens with one attached hydrogen (secondary N) is 1. The fourth-order valence-electron chi connectivity index (χ4n) is 3.21. The number of likely N-dealkylation sites (tertiary alicyclic amines) is 1. The molecule has 0 radical (unpaired) electrons. The third-order valence-corrected chi connectivity index (χ3v) is 4.44. The van der Waals surface area contributed by atoms with Crippen molar-refractivity contribution in [3.8, 4) is 0 Å². The molecule has 1 unspecified atom stereocenters. The summed E-state index contributed by atoms with van der Waals surface area (Å²) in [6, 6.07) is 13.6. The molecule has 1 aliphatic heterocycles. The number of nitrogens with zero attached hydrogens (tertiary/aromatic N) is 1. The predicted molar refractivity (Wildman–Crippen MR) is 99.9 cm³/mol. The lowest BCUT2D eigenvalue weighted by Crippen LogP contribution is -2.28. The van der Waals surface area contributed by atoms with Crippen LogP contribution in [0.4, 0.5) is 10.1 Å². The van der Waals surface area contributed by atoms with Gasteiger partial charge >= 0.3 is 0 Å². The maximum atomic E-state index is 13.1. The van der Waals surface area contributed by atoms with E-state index in [4.69, 9.17) is 0 Å². The van der Waals surface area contributed by atoms with Crippen LogP contribution in [0.2, 0.25) is 0 Å². The van der Waals surface area contributed by atoms with Gasteiger partial charge in [0.1, 0.15) is 5.82 Å². The molecule has 0 saturated carbocycles. The number of halogens is 1. The molecule has 0 aromatic heterocycles. The molecule has 0 aliphatic carbocycles. The highest BCUT2D eigenvalue weighted by atomic mass is 19.1. The fraction of sp³-hybridized carbons (Fsp3) is 0.238. The number of carbonyl (C=O) groups is 2. The van der Waals surface area contributed by atoms with Crippen molar-refractivity contribution in [2.24, 2.45) is 0 Å². The maximum Gasteiger partial charge on any atom is 0.247 e. The van der Waals surface area contributed by atoms with Gasteiger partial charge in [-0.05, 0) is 54.3 Å². The summed E-state index contributed by atoms with van der Waals surface area (Å²) in [5.74, 6) is -0.445. The molecule has 1 atom stereocenters. The van der Waals surface area contributed by atoms with Gasteiger partial charge in [0.25, 0.3) is 0 Å². The van der Waals surface area contributed by atoms with Crippen molar-refractivity contribution in [1.29, 1.82) is 0 Å². The third kappa shape index (κ3) is 4.36. The van der Waals surface area contributed by atoms with Gasteiger partial charge in [0, 0.05) is 25.2 Å². The molecule has 1 heterocycles. The Labute approximate surface area is 152 Å². The molecule has 5 heteroatoms. The van der Waals surface area contributed by atoms with E-state index in [9.17, 15) is 14.0 Å². The van der Waals surface area contributed by atoms with E-state index in [1.54, 1.807) is 36.4 Å². The van der Waals surface area contributed by atoms with E-state index in [0.29, 0.717) is 6.54 Å². The van der Waals surface area contributed by atoms with Gasteiger partial charge in [-0.1, -0.05) is 24.3 Å². The summed E-state index contributed by atoms with van der Waals surface area (Å²) in [4.78, 5) is 25.4. The number of benzene rings is 2. The summed E-state index contributed by atoms with van der Waals surface area (Å²) in [7, 11) is 0. The van der Waals surface area contributed by atoms with Gasteiger partial charge < -0.3 is 10.2 Å². The maximum absolute atomic E-state index is 13.1. The normalized spacial score (nSPS) is 16.8. The van der Waals surface area contributed by atoms with Crippen LogP contribution < -0.4 is 5.32 Å². The Kier molecular flexibility index (Phi) is 5.46. The molecule has 1 aliphatic rings. The Morgan fingerprint density at radius 1 is 1.12 bits per heavy atom. The fourth-order valence-corrected chi connectivity index (χ4v) is 3.21. The lowest BCUT2D eigenvalue weighted by Gasteiger charge is -2.23. The van der Waals surface area contributed by atoms with Gasteiger partial charge in [-0.2, -0.15) is 0 Å². The van der Waals surface area contributed by atoms with E-state index >= 15 is 0 Å². The van der Waals surface area contributed by atoms with E-state index < -0.39 is 0 Å². The average Bonchev–Trinajstić information content (AvgIpc) is 3.11. The topological polar surface area (TPSA) is 49.4 Å². The minimum atomic E-state index is -0.271. The minimum absolute atomic E-state index is 0.00473. The zero-order chi connectivity index (χ0) is 18.5. The second-order valence-corrected chi connectivity index (χ2v) is 6.38. The number of hydrogen-bond donors (Lipinski definition) is 1. The van der Waals surface area contributed by atoms with Crippen molar-refractivity contribution in [2.75, 3.05) is 11.9 Å². The molecule has 1 fully saturated rings. The first-order valence-corrected chi connectivity index (χ1v) is 8.65. The number of anilines is 1. The number of amides is 2. The third-order valence-electron chi connectivity index (χ3n) is 4.44. The monoisotopic (exact) mass is 352 g/mol. The molecule has 4 nitrogen and oxygen atoms in total. The SMILES string of the molecule is CC(=O)Nc1ccc(/C=C/C(=O)N2CCCC2c2ccc(F)cc2)cc1. The van der Waals surface area contributed by atoms with Crippen LogP contribution in [0.1, 0.15) is 36.9 Å². The lowest BCUT2D eigenvalue weighted by molar-refractivity contribution is -0.126. The van der Waals surface area contributed by atoms with Gasteiger partial charge in [0.2, 0.25) is 11.8 Å². The molecular formula is C21H21FN2O2. The van der Waals surface area contributed by atoms with Crippen LogP contribution in [0.5, 0.6) is 0 Å². The summed E-state index contributed by atoms with van der Waals surface area (Å²) in [5.41, 5.74) is 2.56. The van der Waals surface area contributed by atoms with Gasteiger partial charge in [-0.25, -0.2) is 4.39 Å². The van der Waals surface area contributed by atoms with Crippen molar-refractivity contribution in [3.05, 3.63) is 71.6 Å². The first kappa shape index (κ1) is 17.9. The smallest absolute Gasteiger partial charge is 0.247 e. The van der Waals surface area contributed by atoms with Gasteiger partial charge in [-0.15, -0.1) is 0 Å². The number of hydrogen-bond acceptors (Lipinski definition) is 2. The standard InChI is InChI=1S/C21H21FN2O2/c1-15(25)23-19-11-4-16(5-12-19)6-13-21(26)24-14-2-3-20(24)17-7-9-18(22)10-8-17/h4-13,20H,2-3,14H2,1H3,(H,23,25)/b13-6+. The Hall–Kier alpha value is -2.95. The van der Waals surface area contributed by atoms with Crippen LogP contribution in [-0.4, -0.2) is 23.3 Å². The molecule has 134 valence electrons. The van der Waals surface area contributed by atoms with E-state index in [-0.39, 0.29) is 23.7 Å². The Morgan fingerprint density at radius 3 is 2.46 bits per heavy atom. The molecule has 1 N–H and O–H groups in total. The number of rotatable bonds is 4. The number of carbonyl (C=O) groups excluding carboxylic acids is 2. The second kappa shape index (κ2) is 7.95. The molecule has 0 spiro atoms. The van der Waals surface area contributed by atoms with E-state index in [0.717, 1.165) is 29.7 Å². The molecule has 2 amide bonds. The molecule has 2 aromatic rings. The van der Waals surface area contributed by atoms with E-state index in [2.05, 4.69) is 5.32 Å². The van der Waals surface area contributed by atoms with E-state index in [1.807, 2.05) is 17.0 Å². The largest absolute Gasteiger partial charge is 0.332 e. The highest BCUT2D eigenvalue weighted by Gasteiger charge is 2.28. The van der Waals surface area contributed by atoms with Crippen LogP contribution >= 0.6 is 0 Å². The highest BCUT2D eigenvalue weighted by molar-refractivity contribution is 5.92. The molecular weight excluding hydrogens is 331 g/mol. The van der Waals surface area contributed by atoms with Crippen molar-refractivity contribution in [1.82, 2.24) is 4.90 Å². The van der Waals surface area contributed by atoms with Gasteiger partial charge in [0.15, 0.2) is 0 Å². The van der Waals surface area contributed by atoms with Crippen molar-refractivity contribution in [3.63, 3.8) is 0 Å². The lowest BCUT2D eigenvalue weighted by atomic mass is 10.0. The minimum Gasteiger partial charge on any atom is -0.332 e. The van der Waals surface area contributed by atoms with E-state index in [1.165, 1.54) is 19.1 Å². The van der Waals surface area contributed by atoms with Crippen LogP contribution in [0.15, 0.2) is 54.6 Å². The summed E-state index contributed by atoms with van der Waals surface area (Å²) in [5, 5.41) is 2.70. The summed E-state index contributed by atoms with van der Waals surface area (Å²) < 4.78 is 13.1. The summed E-state index contributed by atoms with van der Waals surface area (Å²) >= 11 is 0. The Morgan fingerprint density at radius 2 is 1.81 bits per heavy atom. The van der Waals surface area contributed by atoms with Crippen LogP contribution in [0.3, 0.4) is 0 Å². The average molecular weight is 352 g/mol. The van der Waals surface area contributed by atoms with Crippen molar-refractivity contribution in [2.45, 2.75) is 25.8 Å². The predicted octanol–water partition coefficient (Wildman–Crippen LogP) is 4.16. The Balaban J connectivity index is 1.67. The first-order valence-electron chi connectivity index (χ1n) is 8.65. The molecule has 2 aromatic carbocycles.